The molecule has 0 spiro atoms. The highest BCUT2D eigenvalue weighted by atomic mass is 35.5. The number of aliphatic carboxylic acids is 1. The Bertz CT molecular complexity index is 684. The van der Waals surface area contributed by atoms with Gasteiger partial charge in [-0.25, -0.2) is 4.98 Å². The highest BCUT2D eigenvalue weighted by molar-refractivity contribution is 7.99. The van der Waals surface area contributed by atoms with E-state index in [0.29, 0.717) is 27.2 Å². The van der Waals surface area contributed by atoms with Gasteiger partial charge in [0.1, 0.15) is 9.88 Å². The number of thiazole rings is 1. The predicted molar refractivity (Wildman–Crippen MR) is 92.5 cm³/mol. The number of aryl methyl sites for hydroxylation is 1. The Labute approximate surface area is 144 Å². The van der Waals surface area contributed by atoms with E-state index < -0.39 is 5.97 Å². The molecule has 2 heterocycles. The lowest BCUT2D eigenvalue weighted by Gasteiger charge is -2.02. The Balaban J connectivity index is 1.93. The molecule has 2 rings (SSSR count). The smallest absolute Gasteiger partial charge is 0.313 e. The quantitative estimate of drug-likeness (QED) is 0.724. The number of rotatable bonds is 7. The van der Waals surface area contributed by atoms with Crippen LogP contribution in [0.15, 0.2) is 12.1 Å². The molecule has 9 heteroatoms. The molecular weight excluding hydrogens is 364 g/mol. The number of amides is 1. The van der Waals surface area contributed by atoms with Crippen molar-refractivity contribution in [3.63, 3.8) is 0 Å². The van der Waals surface area contributed by atoms with Crippen LogP contribution in [0.25, 0.3) is 9.88 Å². The van der Waals surface area contributed by atoms with Crippen LogP contribution in [0.1, 0.15) is 15.4 Å². The van der Waals surface area contributed by atoms with Gasteiger partial charge in [-0.2, -0.15) is 0 Å². The van der Waals surface area contributed by atoms with Gasteiger partial charge < -0.3 is 10.4 Å². The fourth-order valence-electron chi connectivity index (χ4n) is 1.62. The zero-order valence-corrected chi connectivity index (χ0v) is 14.8. The molecule has 0 unspecified atom stereocenters. The van der Waals surface area contributed by atoms with E-state index in [0.717, 1.165) is 9.88 Å². The molecule has 1 amide bonds. The number of carbonyl (C=O) groups is 2. The number of aromatic nitrogens is 1. The molecule has 0 aliphatic rings. The molecule has 0 radical (unpaired) electrons. The van der Waals surface area contributed by atoms with Crippen molar-refractivity contribution in [2.75, 3.05) is 18.1 Å². The summed E-state index contributed by atoms with van der Waals surface area (Å²) >= 11 is 9.93. The number of carboxylic acid groups (broad SMARTS) is 1. The molecular formula is C13H13ClN2O3S3. The summed E-state index contributed by atoms with van der Waals surface area (Å²) in [6, 6.07) is 3.69. The van der Waals surface area contributed by atoms with Crippen LogP contribution in [0.2, 0.25) is 4.34 Å². The summed E-state index contributed by atoms with van der Waals surface area (Å²) in [5.74, 6) is -0.434. The number of nitrogens with zero attached hydrogens (tertiary/aromatic N) is 1. The largest absolute Gasteiger partial charge is 0.481 e. The van der Waals surface area contributed by atoms with Crippen molar-refractivity contribution in [1.82, 2.24) is 10.3 Å². The van der Waals surface area contributed by atoms with Crippen LogP contribution in [0.3, 0.4) is 0 Å². The molecule has 0 atom stereocenters. The first-order valence-corrected chi connectivity index (χ1v) is 9.45. The minimum absolute atomic E-state index is 0.0404. The minimum atomic E-state index is -0.853. The van der Waals surface area contributed by atoms with Gasteiger partial charge in [0.05, 0.1) is 20.7 Å². The SMILES string of the molecule is Cc1nc(-c2ccc(Cl)s2)sc1C(=O)NCCSCC(=O)O. The Morgan fingerprint density at radius 3 is 2.82 bits per heavy atom. The molecule has 5 nitrogen and oxygen atoms in total. The fraction of sp³-hybridized carbons (Fsp3) is 0.308. The van der Waals surface area contributed by atoms with Crippen LogP contribution in [0, 0.1) is 6.92 Å². The molecule has 2 aromatic heterocycles. The second kappa shape index (κ2) is 7.96. The molecule has 0 aromatic carbocycles. The third kappa shape index (κ3) is 4.70. The van der Waals surface area contributed by atoms with Crippen molar-refractivity contribution in [3.8, 4) is 9.88 Å². The van der Waals surface area contributed by atoms with Gasteiger partial charge in [-0.15, -0.1) is 34.4 Å². The second-order valence-corrected chi connectivity index (χ2v) is 8.06. The van der Waals surface area contributed by atoms with Gasteiger partial charge in [-0.1, -0.05) is 11.6 Å². The summed E-state index contributed by atoms with van der Waals surface area (Å²) in [6.45, 7) is 2.22. The van der Waals surface area contributed by atoms with Crippen molar-refractivity contribution in [3.05, 3.63) is 27.0 Å². The number of halogens is 1. The summed E-state index contributed by atoms with van der Waals surface area (Å²) < 4.78 is 0.685. The van der Waals surface area contributed by atoms with Gasteiger partial charge >= 0.3 is 5.97 Å². The molecule has 0 fully saturated rings. The van der Waals surface area contributed by atoms with E-state index in [-0.39, 0.29) is 11.7 Å². The Hall–Kier alpha value is -1.09. The maximum atomic E-state index is 12.1. The lowest BCUT2D eigenvalue weighted by atomic mass is 10.3. The van der Waals surface area contributed by atoms with Crippen LogP contribution in [-0.2, 0) is 4.79 Å². The van der Waals surface area contributed by atoms with Crippen molar-refractivity contribution in [2.24, 2.45) is 0 Å². The van der Waals surface area contributed by atoms with Crippen molar-refractivity contribution >= 4 is 57.9 Å². The lowest BCUT2D eigenvalue weighted by Crippen LogP contribution is -2.25. The summed E-state index contributed by atoms with van der Waals surface area (Å²) in [7, 11) is 0. The van der Waals surface area contributed by atoms with Crippen LogP contribution in [0.5, 0.6) is 0 Å². The molecule has 2 N–H and O–H groups in total. The summed E-state index contributed by atoms with van der Waals surface area (Å²) in [5, 5.41) is 12.1. The fourth-order valence-corrected chi connectivity index (χ4v) is 4.26. The number of carbonyl (C=O) groups excluding carboxylic acids is 1. The summed E-state index contributed by atoms with van der Waals surface area (Å²) in [6.07, 6.45) is 0. The maximum absolute atomic E-state index is 12.1. The van der Waals surface area contributed by atoms with Crippen LogP contribution >= 0.6 is 46.0 Å². The summed E-state index contributed by atoms with van der Waals surface area (Å²) in [5.41, 5.74) is 0.681. The average Bonchev–Trinajstić information content (AvgIpc) is 3.04. The van der Waals surface area contributed by atoms with Crippen LogP contribution in [-0.4, -0.2) is 40.0 Å². The first-order valence-electron chi connectivity index (χ1n) is 6.28. The monoisotopic (exact) mass is 376 g/mol. The van der Waals surface area contributed by atoms with Crippen LogP contribution in [0.4, 0.5) is 0 Å². The van der Waals surface area contributed by atoms with Gasteiger partial charge in [0.2, 0.25) is 0 Å². The Morgan fingerprint density at radius 1 is 1.41 bits per heavy atom. The van der Waals surface area contributed by atoms with E-state index in [1.807, 2.05) is 6.07 Å². The number of carboxylic acids is 1. The zero-order valence-electron chi connectivity index (χ0n) is 11.6. The number of hydrogen-bond donors (Lipinski definition) is 2. The first-order chi connectivity index (χ1) is 10.5. The third-order valence-electron chi connectivity index (χ3n) is 2.54. The van der Waals surface area contributed by atoms with E-state index >= 15 is 0 Å². The molecule has 0 saturated heterocycles. The summed E-state index contributed by atoms with van der Waals surface area (Å²) in [4.78, 5) is 28.4. The highest BCUT2D eigenvalue weighted by Crippen LogP contribution is 2.34. The van der Waals surface area contributed by atoms with E-state index in [1.54, 1.807) is 13.0 Å². The normalized spacial score (nSPS) is 10.6. The van der Waals surface area contributed by atoms with Crippen molar-refractivity contribution in [1.29, 1.82) is 0 Å². The van der Waals surface area contributed by atoms with Gasteiger partial charge in [0.15, 0.2) is 0 Å². The van der Waals surface area contributed by atoms with Crippen molar-refractivity contribution in [2.45, 2.75) is 6.92 Å². The number of hydrogen-bond acceptors (Lipinski definition) is 6. The minimum Gasteiger partial charge on any atom is -0.481 e. The van der Waals surface area contributed by atoms with E-state index in [4.69, 9.17) is 16.7 Å². The molecule has 0 saturated carbocycles. The molecule has 0 aliphatic heterocycles. The third-order valence-corrected chi connectivity index (χ3v) is 6.04. The molecule has 22 heavy (non-hydrogen) atoms. The number of thiophene rings is 1. The first kappa shape index (κ1) is 17.3. The van der Waals surface area contributed by atoms with E-state index in [9.17, 15) is 9.59 Å². The average molecular weight is 377 g/mol. The van der Waals surface area contributed by atoms with Gasteiger partial charge in [0, 0.05) is 12.3 Å². The Morgan fingerprint density at radius 2 is 2.18 bits per heavy atom. The van der Waals surface area contributed by atoms with Crippen LogP contribution < -0.4 is 5.32 Å². The number of thioether (sulfide) groups is 1. The lowest BCUT2D eigenvalue weighted by molar-refractivity contribution is -0.133. The standard InChI is InChI=1S/C13H13ClN2O3S3/c1-7-11(12(19)15-4-5-20-6-10(17)18)22-13(16-7)8-2-3-9(14)21-8/h2-3H,4-6H2,1H3,(H,15,19)(H,17,18). The molecule has 0 bridgehead atoms. The highest BCUT2D eigenvalue weighted by Gasteiger charge is 2.16. The molecule has 0 aliphatic carbocycles. The zero-order chi connectivity index (χ0) is 16.1. The van der Waals surface area contributed by atoms with Gasteiger partial charge in [0.25, 0.3) is 5.91 Å². The second-order valence-electron chi connectivity index (χ2n) is 4.24. The number of nitrogens with one attached hydrogen (secondary N) is 1. The van der Waals surface area contributed by atoms with Crippen molar-refractivity contribution < 1.29 is 14.7 Å². The topological polar surface area (TPSA) is 79.3 Å². The van der Waals surface area contributed by atoms with Gasteiger partial charge in [-0.3, -0.25) is 9.59 Å². The molecule has 2 aromatic rings. The predicted octanol–water partition coefficient (Wildman–Crippen LogP) is 3.38. The van der Waals surface area contributed by atoms with E-state index in [1.165, 1.54) is 34.4 Å². The van der Waals surface area contributed by atoms with E-state index in [2.05, 4.69) is 10.3 Å². The molecule has 118 valence electrons. The Kier molecular flexibility index (Phi) is 6.25. The maximum Gasteiger partial charge on any atom is 0.313 e. The van der Waals surface area contributed by atoms with Gasteiger partial charge in [-0.05, 0) is 19.1 Å².